The number of nitrogens with zero attached hydrogens (tertiary/aromatic N) is 3. The second kappa shape index (κ2) is 7.59. The minimum Gasteiger partial charge on any atom is -0.305 e. The first kappa shape index (κ1) is 19.2. The summed E-state index contributed by atoms with van der Waals surface area (Å²) in [5, 5.41) is 13.9. The summed E-state index contributed by atoms with van der Waals surface area (Å²) in [4.78, 5) is 1.88. The van der Waals surface area contributed by atoms with Crippen molar-refractivity contribution in [3.63, 3.8) is 0 Å². The molecule has 4 nitrogen and oxygen atoms in total. The van der Waals surface area contributed by atoms with E-state index in [0.717, 1.165) is 41.2 Å². The van der Waals surface area contributed by atoms with E-state index in [1.54, 1.807) is 0 Å². The van der Waals surface area contributed by atoms with Gasteiger partial charge in [0.15, 0.2) is 0 Å². The summed E-state index contributed by atoms with van der Waals surface area (Å²) in [5.74, 6) is 2.85. The third-order valence-corrected chi connectivity index (χ3v) is 7.85. The SMILES string of the molecule is Cc1cccc(Cn2nc(CNC34CC5CC(CC(C5)C3)C4)c(-c3ccccc3)n2)c1. The van der Waals surface area contributed by atoms with Gasteiger partial charge in [0.05, 0.1) is 6.54 Å². The maximum Gasteiger partial charge on any atom is 0.117 e. The summed E-state index contributed by atoms with van der Waals surface area (Å²) in [7, 11) is 0. The number of aryl methyl sites for hydroxylation is 1. The zero-order chi connectivity index (χ0) is 20.8. The quantitative estimate of drug-likeness (QED) is 0.593. The van der Waals surface area contributed by atoms with E-state index in [-0.39, 0.29) is 0 Å². The fourth-order valence-corrected chi connectivity index (χ4v) is 6.96. The first-order valence-electron chi connectivity index (χ1n) is 11.9. The lowest BCUT2D eigenvalue weighted by Crippen LogP contribution is -2.58. The molecule has 1 aromatic heterocycles. The fraction of sp³-hybridized carbons (Fsp3) is 0.481. The van der Waals surface area contributed by atoms with E-state index in [4.69, 9.17) is 10.2 Å². The summed E-state index contributed by atoms with van der Waals surface area (Å²) in [6.07, 6.45) is 8.50. The van der Waals surface area contributed by atoms with Crippen LogP contribution < -0.4 is 5.32 Å². The van der Waals surface area contributed by atoms with E-state index in [1.807, 2.05) is 4.80 Å². The van der Waals surface area contributed by atoms with Crippen LogP contribution in [0.2, 0.25) is 0 Å². The molecule has 0 amide bonds. The van der Waals surface area contributed by atoms with E-state index < -0.39 is 0 Å². The van der Waals surface area contributed by atoms with Gasteiger partial charge in [0.25, 0.3) is 0 Å². The van der Waals surface area contributed by atoms with Gasteiger partial charge in [-0.1, -0.05) is 60.2 Å². The van der Waals surface area contributed by atoms with E-state index in [0.29, 0.717) is 12.1 Å². The highest BCUT2D eigenvalue weighted by molar-refractivity contribution is 5.60. The molecule has 0 aliphatic heterocycles. The Morgan fingerprint density at radius 1 is 0.903 bits per heavy atom. The molecule has 0 radical (unpaired) electrons. The van der Waals surface area contributed by atoms with Gasteiger partial charge in [0.2, 0.25) is 0 Å². The average Bonchev–Trinajstić information content (AvgIpc) is 3.15. The van der Waals surface area contributed by atoms with Crippen molar-refractivity contribution >= 4 is 0 Å². The van der Waals surface area contributed by atoms with Crippen molar-refractivity contribution < 1.29 is 0 Å². The molecule has 160 valence electrons. The standard InChI is InChI=1S/C27H32N4/c1-19-6-5-7-20(10-19)18-31-29-25(26(30-31)24-8-3-2-4-9-24)17-28-27-14-21-11-22(15-27)13-23(12-21)16-27/h2-10,21-23,28H,11-18H2,1H3. The number of aromatic nitrogens is 3. The molecule has 0 unspecified atom stereocenters. The van der Waals surface area contributed by atoms with Crippen LogP contribution in [0, 0.1) is 24.7 Å². The van der Waals surface area contributed by atoms with Crippen molar-refractivity contribution in [2.75, 3.05) is 0 Å². The second-order valence-corrected chi connectivity index (χ2v) is 10.4. The van der Waals surface area contributed by atoms with Gasteiger partial charge >= 0.3 is 0 Å². The largest absolute Gasteiger partial charge is 0.305 e. The van der Waals surface area contributed by atoms with Gasteiger partial charge in [0.1, 0.15) is 11.4 Å². The summed E-state index contributed by atoms with van der Waals surface area (Å²) >= 11 is 0. The van der Waals surface area contributed by atoms with E-state index in [9.17, 15) is 0 Å². The van der Waals surface area contributed by atoms with Crippen LogP contribution in [0.25, 0.3) is 11.3 Å². The maximum atomic E-state index is 4.97. The van der Waals surface area contributed by atoms with Crippen LogP contribution in [-0.4, -0.2) is 20.5 Å². The predicted molar refractivity (Wildman–Crippen MR) is 123 cm³/mol. The van der Waals surface area contributed by atoms with Crippen LogP contribution in [0.1, 0.15) is 55.3 Å². The van der Waals surface area contributed by atoms with Crippen molar-refractivity contribution in [3.8, 4) is 11.3 Å². The van der Waals surface area contributed by atoms with Gasteiger partial charge < -0.3 is 5.32 Å². The molecular formula is C27H32N4. The maximum absolute atomic E-state index is 4.97. The van der Waals surface area contributed by atoms with Gasteiger partial charge in [-0.05, 0) is 68.8 Å². The van der Waals surface area contributed by atoms with Crippen molar-refractivity contribution in [3.05, 3.63) is 71.4 Å². The van der Waals surface area contributed by atoms with Crippen LogP contribution in [0.3, 0.4) is 0 Å². The molecule has 7 rings (SSSR count). The predicted octanol–water partition coefficient (Wildman–Crippen LogP) is 5.36. The van der Waals surface area contributed by atoms with Gasteiger partial charge in [-0.2, -0.15) is 15.0 Å². The number of benzene rings is 2. The number of nitrogens with one attached hydrogen (secondary N) is 1. The van der Waals surface area contributed by atoms with Crippen molar-refractivity contribution in [1.82, 2.24) is 20.3 Å². The lowest BCUT2D eigenvalue weighted by Gasteiger charge is -2.57. The molecule has 0 spiro atoms. The third-order valence-electron chi connectivity index (χ3n) is 7.85. The Balaban J connectivity index is 1.27. The molecule has 4 saturated carbocycles. The Morgan fingerprint density at radius 2 is 1.61 bits per heavy atom. The summed E-state index contributed by atoms with van der Waals surface area (Å²) < 4.78 is 0. The Hall–Kier alpha value is -2.46. The molecule has 4 fully saturated rings. The minimum atomic E-state index is 0.336. The Morgan fingerprint density at radius 3 is 2.29 bits per heavy atom. The Bertz CT molecular complexity index is 1030. The first-order chi connectivity index (χ1) is 15.1. The van der Waals surface area contributed by atoms with E-state index in [2.05, 4.69) is 66.8 Å². The monoisotopic (exact) mass is 412 g/mol. The van der Waals surface area contributed by atoms with Gasteiger partial charge in [-0.25, -0.2) is 0 Å². The number of hydrogen-bond acceptors (Lipinski definition) is 3. The fourth-order valence-electron chi connectivity index (χ4n) is 6.96. The molecule has 3 aromatic rings. The molecular weight excluding hydrogens is 380 g/mol. The van der Waals surface area contributed by atoms with Crippen LogP contribution in [-0.2, 0) is 13.1 Å². The second-order valence-electron chi connectivity index (χ2n) is 10.4. The molecule has 4 heteroatoms. The van der Waals surface area contributed by atoms with Gasteiger partial charge in [-0.15, -0.1) is 0 Å². The molecule has 1 N–H and O–H groups in total. The van der Waals surface area contributed by atoms with Gasteiger partial charge in [0, 0.05) is 17.6 Å². The third kappa shape index (κ3) is 3.82. The van der Waals surface area contributed by atoms with Gasteiger partial charge in [-0.3, -0.25) is 0 Å². The molecule has 1 heterocycles. The van der Waals surface area contributed by atoms with Crippen LogP contribution in [0.15, 0.2) is 54.6 Å². The summed E-state index contributed by atoms with van der Waals surface area (Å²) in [5.41, 5.74) is 6.11. The Labute approximate surface area is 185 Å². The number of rotatable bonds is 6. The lowest BCUT2D eigenvalue weighted by molar-refractivity contribution is -0.0207. The lowest BCUT2D eigenvalue weighted by atomic mass is 9.53. The van der Waals surface area contributed by atoms with Crippen LogP contribution in [0.4, 0.5) is 0 Å². The number of hydrogen-bond donors (Lipinski definition) is 1. The molecule has 4 aliphatic rings. The summed E-state index contributed by atoms with van der Waals surface area (Å²) in [6.45, 7) is 3.65. The highest BCUT2D eigenvalue weighted by Gasteiger charge is 2.50. The van der Waals surface area contributed by atoms with Crippen LogP contribution in [0.5, 0.6) is 0 Å². The normalized spacial score (nSPS) is 28.9. The highest BCUT2D eigenvalue weighted by Crippen LogP contribution is 2.55. The van der Waals surface area contributed by atoms with Crippen molar-refractivity contribution in [2.24, 2.45) is 17.8 Å². The topological polar surface area (TPSA) is 42.7 Å². The molecule has 4 aliphatic carbocycles. The smallest absolute Gasteiger partial charge is 0.117 e. The van der Waals surface area contributed by atoms with Crippen molar-refractivity contribution in [1.29, 1.82) is 0 Å². The average molecular weight is 413 g/mol. The minimum absolute atomic E-state index is 0.336. The Kier molecular flexibility index (Phi) is 4.71. The molecule has 0 saturated heterocycles. The summed E-state index contributed by atoms with van der Waals surface area (Å²) in [6, 6.07) is 19.2. The van der Waals surface area contributed by atoms with Crippen molar-refractivity contribution in [2.45, 2.75) is 64.1 Å². The van der Waals surface area contributed by atoms with E-state index >= 15 is 0 Å². The van der Waals surface area contributed by atoms with E-state index in [1.165, 1.54) is 49.7 Å². The molecule has 31 heavy (non-hydrogen) atoms. The highest BCUT2D eigenvalue weighted by atomic mass is 15.5. The molecule has 0 atom stereocenters. The van der Waals surface area contributed by atoms with Crippen LogP contribution >= 0.6 is 0 Å². The molecule has 2 aromatic carbocycles. The molecule has 4 bridgehead atoms. The zero-order valence-electron chi connectivity index (χ0n) is 18.4. The first-order valence-corrected chi connectivity index (χ1v) is 11.9. The zero-order valence-corrected chi connectivity index (χ0v) is 18.4.